The van der Waals surface area contributed by atoms with Crippen LogP contribution in [-0.2, 0) is 4.79 Å². The predicted octanol–water partition coefficient (Wildman–Crippen LogP) is 3.14. The second kappa shape index (κ2) is 7.48. The monoisotopic (exact) mass is 360 g/mol. The topological polar surface area (TPSA) is 32.3 Å². The van der Waals surface area contributed by atoms with Crippen molar-refractivity contribution in [1.29, 1.82) is 0 Å². The summed E-state index contributed by atoms with van der Waals surface area (Å²) in [6.45, 7) is 0.395. The van der Waals surface area contributed by atoms with E-state index in [4.69, 9.17) is 11.6 Å². The van der Waals surface area contributed by atoms with Crippen molar-refractivity contribution in [1.82, 2.24) is 10.2 Å². The van der Waals surface area contributed by atoms with Gasteiger partial charge in [0.05, 0.1) is 6.04 Å². The summed E-state index contributed by atoms with van der Waals surface area (Å²) in [7, 11) is 0. The highest BCUT2D eigenvalue weighted by atomic mass is 35.5. The van der Waals surface area contributed by atoms with E-state index in [0.29, 0.717) is 10.6 Å². The van der Waals surface area contributed by atoms with Crippen LogP contribution < -0.4 is 5.32 Å². The molecule has 1 aromatic carbocycles. The molecule has 1 aromatic rings. The van der Waals surface area contributed by atoms with Crippen LogP contribution in [0.5, 0.6) is 0 Å². The van der Waals surface area contributed by atoms with Crippen molar-refractivity contribution in [2.75, 3.05) is 19.6 Å². The number of alkyl halides is 4. The number of carbonyl (C=O) groups excluding carboxylic acids is 1. The molecule has 0 aliphatic carbocycles. The molecule has 1 atom stereocenters. The SMILES string of the molecule is Cl.O=C(N1CCNCC1c1cccc(Cl)c1)C(F)(F)C(F)F. The predicted molar refractivity (Wildman–Crippen MR) is 77.0 cm³/mol. The normalized spacial score (nSPS) is 19.0. The van der Waals surface area contributed by atoms with Crippen LogP contribution in [0.1, 0.15) is 11.6 Å². The van der Waals surface area contributed by atoms with Crippen LogP contribution in [0, 0.1) is 0 Å². The van der Waals surface area contributed by atoms with E-state index >= 15 is 0 Å². The molecule has 0 radical (unpaired) electrons. The Morgan fingerprint density at radius 2 is 2.09 bits per heavy atom. The third-order valence-electron chi connectivity index (χ3n) is 3.30. The van der Waals surface area contributed by atoms with E-state index in [1.54, 1.807) is 18.2 Å². The molecule has 1 aliphatic rings. The lowest BCUT2D eigenvalue weighted by Crippen LogP contribution is -2.55. The lowest BCUT2D eigenvalue weighted by molar-refractivity contribution is -0.183. The van der Waals surface area contributed by atoms with Crippen molar-refractivity contribution in [3.05, 3.63) is 34.9 Å². The minimum Gasteiger partial charge on any atom is -0.328 e. The van der Waals surface area contributed by atoms with E-state index in [1.807, 2.05) is 0 Å². The maximum atomic E-state index is 13.3. The molecule has 9 heteroatoms. The summed E-state index contributed by atoms with van der Waals surface area (Å²) in [4.78, 5) is 12.6. The smallest absolute Gasteiger partial charge is 0.328 e. The summed E-state index contributed by atoms with van der Waals surface area (Å²) in [5.41, 5.74) is 0.521. The lowest BCUT2D eigenvalue weighted by Gasteiger charge is -2.38. The molecule has 1 saturated heterocycles. The number of carbonyl (C=O) groups is 1. The first-order chi connectivity index (χ1) is 9.84. The first-order valence-corrected chi connectivity index (χ1v) is 6.65. The molecule has 22 heavy (non-hydrogen) atoms. The van der Waals surface area contributed by atoms with Crippen molar-refractivity contribution >= 4 is 29.9 Å². The Kier molecular flexibility index (Phi) is 6.46. The summed E-state index contributed by atoms with van der Waals surface area (Å²) < 4.78 is 51.4. The fourth-order valence-corrected chi connectivity index (χ4v) is 2.44. The molecule has 1 unspecified atom stereocenters. The molecule has 0 aromatic heterocycles. The maximum Gasteiger partial charge on any atom is 0.383 e. The van der Waals surface area contributed by atoms with Gasteiger partial charge in [-0.15, -0.1) is 12.4 Å². The van der Waals surface area contributed by atoms with Gasteiger partial charge in [0.2, 0.25) is 0 Å². The van der Waals surface area contributed by atoms with Crippen molar-refractivity contribution in [3.8, 4) is 0 Å². The minimum absolute atomic E-state index is 0. The quantitative estimate of drug-likeness (QED) is 0.840. The van der Waals surface area contributed by atoms with Gasteiger partial charge < -0.3 is 10.2 Å². The van der Waals surface area contributed by atoms with Crippen LogP contribution in [0.25, 0.3) is 0 Å². The van der Waals surface area contributed by atoms with Crippen LogP contribution in [0.2, 0.25) is 5.02 Å². The number of halogens is 6. The Balaban J connectivity index is 0.00000242. The number of hydrogen-bond donors (Lipinski definition) is 1. The van der Waals surface area contributed by atoms with Gasteiger partial charge in [-0.05, 0) is 17.7 Å². The first kappa shape index (κ1) is 19.0. The minimum atomic E-state index is -4.69. The van der Waals surface area contributed by atoms with Gasteiger partial charge in [0.25, 0.3) is 5.91 Å². The summed E-state index contributed by atoms with van der Waals surface area (Å²) >= 11 is 5.84. The van der Waals surface area contributed by atoms with Gasteiger partial charge in [-0.1, -0.05) is 23.7 Å². The van der Waals surface area contributed by atoms with Gasteiger partial charge in [0, 0.05) is 24.7 Å². The molecule has 124 valence electrons. The third-order valence-corrected chi connectivity index (χ3v) is 3.53. The first-order valence-electron chi connectivity index (χ1n) is 6.27. The van der Waals surface area contributed by atoms with E-state index in [9.17, 15) is 22.4 Å². The van der Waals surface area contributed by atoms with Gasteiger partial charge in [0.15, 0.2) is 0 Å². The van der Waals surface area contributed by atoms with Crippen LogP contribution in [0.15, 0.2) is 24.3 Å². The molecule has 2 rings (SSSR count). The fraction of sp³-hybridized carbons (Fsp3) is 0.462. The molecular weight excluding hydrogens is 347 g/mol. The second-order valence-electron chi connectivity index (χ2n) is 4.70. The lowest BCUT2D eigenvalue weighted by atomic mass is 10.0. The number of benzene rings is 1. The van der Waals surface area contributed by atoms with Gasteiger partial charge in [0.1, 0.15) is 0 Å². The van der Waals surface area contributed by atoms with Crippen LogP contribution in [-0.4, -0.2) is 42.8 Å². The zero-order chi connectivity index (χ0) is 15.6. The molecule has 1 amide bonds. The second-order valence-corrected chi connectivity index (χ2v) is 5.13. The molecule has 0 saturated carbocycles. The van der Waals surface area contributed by atoms with Gasteiger partial charge >= 0.3 is 12.3 Å². The Morgan fingerprint density at radius 1 is 1.41 bits per heavy atom. The molecule has 1 aliphatic heterocycles. The highest BCUT2D eigenvalue weighted by Gasteiger charge is 2.52. The number of rotatable bonds is 3. The standard InChI is InChI=1S/C13H13ClF4N2O.ClH/c14-9-3-1-2-8(6-9)10-7-19-4-5-20(10)12(21)13(17,18)11(15)16;/h1-3,6,10-11,19H,4-5,7H2;1H. The highest BCUT2D eigenvalue weighted by molar-refractivity contribution is 6.30. The molecule has 1 heterocycles. The highest BCUT2D eigenvalue weighted by Crippen LogP contribution is 2.31. The average molecular weight is 361 g/mol. The van der Waals surface area contributed by atoms with Crippen molar-refractivity contribution in [2.45, 2.75) is 18.4 Å². The Bertz CT molecular complexity index is 531. The van der Waals surface area contributed by atoms with E-state index in [1.165, 1.54) is 6.07 Å². The van der Waals surface area contributed by atoms with Gasteiger partial charge in [-0.2, -0.15) is 8.78 Å². The van der Waals surface area contributed by atoms with Crippen molar-refractivity contribution in [3.63, 3.8) is 0 Å². The summed E-state index contributed by atoms with van der Waals surface area (Å²) in [6, 6.07) is 5.60. The van der Waals surface area contributed by atoms with E-state index in [0.717, 1.165) is 4.90 Å². The largest absolute Gasteiger partial charge is 0.383 e. The number of nitrogens with zero attached hydrogens (tertiary/aromatic N) is 1. The van der Waals surface area contributed by atoms with Crippen molar-refractivity contribution < 1.29 is 22.4 Å². The molecular formula is C13H14Cl2F4N2O. The zero-order valence-electron chi connectivity index (χ0n) is 11.2. The third kappa shape index (κ3) is 3.83. The summed E-state index contributed by atoms with van der Waals surface area (Å²) in [5, 5.41) is 3.33. The summed E-state index contributed by atoms with van der Waals surface area (Å²) in [5.74, 6) is -6.54. The van der Waals surface area contributed by atoms with E-state index in [-0.39, 0.29) is 32.0 Å². The summed E-state index contributed by atoms with van der Waals surface area (Å²) in [6.07, 6.45) is -4.03. The van der Waals surface area contributed by atoms with Crippen LogP contribution >= 0.6 is 24.0 Å². The zero-order valence-corrected chi connectivity index (χ0v) is 12.8. The Labute approximate surface area is 136 Å². The molecule has 1 N–H and O–H groups in total. The Hall–Kier alpha value is -1.05. The maximum absolute atomic E-state index is 13.3. The van der Waals surface area contributed by atoms with Gasteiger partial charge in [-0.3, -0.25) is 4.79 Å². The molecule has 1 fully saturated rings. The number of hydrogen-bond acceptors (Lipinski definition) is 2. The van der Waals surface area contributed by atoms with E-state index in [2.05, 4.69) is 5.32 Å². The Morgan fingerprint density at radius 3 is 2.68 bits per heavy atom. The average Bonchev–Trinajstić information content (AvgIpc) is 2.46. The molecule has 0 spiro atoms. The van der Waals surface area contributed by atoms with Crippen LogP contribution in [0.3, 0.4) is 0 Å². The van der Waals surface area contributed by atoms with Crippen LogP contribution in [0.4, 0.5) is 17.6 Å². The molecule has 3 nitrogen and oxygen atoms in total. The van der Waals surface area contributed by atoms with Crippen molar-refractivity contribution in [2.24, 2.45) is 0 Å². The number of nitrogens with one attached hydrogen (secondary N) is 1. The molecule has 0 bridgehead atoms. The number of amides is 1. The number of piperazine rings is 1. The fourth-order valence-electron chi connectivity index (χ4n) is 2.24. The van der Waals surface area contributed by atoms with E-state index < -0.39 is 24.3 Å². The van der Waals surface area contributed by atoms with Gasteiger partial charge in [-0.25, -0.2) is 8.78 Å².